The van der Waals surface area contributed by atoms with Gasteiger partial charge in [0.25, 0.3) is 5.91 Å². The third kappa shape index (κ3) is 1.90. The highest BCUT2D eigenvalue weighted by Gasteiger charge is 2.18. The largest absolute Gasteiger partial charge is 0.341 e. The molecule has 18 heavy (non-hydrogen) atoms. The van der Waals surface area contributed by atoms with Crippen molar-refractivity contribution in [1.82, 2.24) is 25.4 Å². The topological polar surface area (TPSA) is 91.0 Å². The van der Waals surface area contributed by atoms with Crippen molar-refractivity contribution >= 4 is 23.0 Å². The van der Waals surface area contributed by atoms with E-state index < -0.39 is 11.9 Å². The van der Waals surface area contributed by atoms with E-state index >= 15 is 0 Å². The predicted molar refractivity (Wildman–Crippen MR) is 65.2 cm³/mol. The molecule has 0 unspecified atom stereocenters. The Morgan fingerprint density at radius 3 is 2.83 bits per heavy atom. The van der Waals surface area contributed by atoms with Crippen LogP contribution in [-0.4, -0.2) is 46.1 Å². The molecule has 0 atom stereocenters. The Labute approximate surface area is 103 Å². The highest BCUT2D eigenvalue weighted by Crippen LogP contribution is 2.15. The number of hydrogen-bond acceptors (Lipinski definition) is 4. The minimum atomic E-state index is -0.469. The minimum absolute atomic E-state index is 0.345. The van der Waals surface area contributed by atoms with E-state index in [1.165, 1.54) is 20.3 Å². The Bertz CT molecular complexity index is 619. The number of urea groups is 1. The number of nitrogens with zero attached hydrogens (tertiary/aromatic N) is 3. The van der Waals surface area contributed by atoms with Gasteiger partial charge in [-0.15, -0.1) is 0 Å². The molecule has 0 fully saturated rings. The molecule has 7 nitrogen and oxygen atoms in total. The summed E-state index contributed by atoms with van der Waals surface area (Å²) >= 11 is 0. The summed E-state index contributed by atoms with van der Waals surface area (Å²) in [5.74, 6) is -0.413. The van der Waals surface area contributed by atoms with Crippen molar-refractivity contribution in [1.29, 1.82) is 0 Å². The van der Waals surface area contributed by atoms with Crippen LogP contribution in [0, 0.1) is 6.92 Å². The van der Waals surface area contributed by atoms with Gasteiger partial charge in [0.05, 0.1) is 5.56 Å². The molecular formula is C11H13N5O2. The first-order valence-corrected chi connectivity index (χ1v) is 5.35. The number of H-pyrrole nitrogens is 1. The molecule has 0 aromatic carbocycles. The van der Waals surface area contributed by atoms with E-state index in [0.29, 0.717) is 11.2 Å². The lowest BCUT2D eigenvalue weighted by molar-refractivity contribution is 0.0832. The van der Waals surface area contributed by atoms with E-state index in [1.807, 2.05) is 6.92 Å². The summed E-state index contributed by atoms with van der Waals surface area (Å²) in [4.78, 5) is 28.4. The van der Waals surface area contributed by atoms with Gasteiger partial charge in [0.15, 0.2) is 5.65 Å². The molecule has 2 aromatic rings. The van der Waals surface area contributed by atoms with Crippen LogP contribution in [0.3, 0.4) is 0 Å². The van der Waals surface area contributed by atoms with Crippen molar-refractivity contribution in [2.45, 2.75) is 6.92 Å². The van der Waals surface area contributed by atoms with Crippen molar-refractivity contribution in [2.24, 2.45) is 0 Å². The van der Waals surface area contributed by atoms with Crippen LogP contribution in [0.2, 0.25) is 0 Å². The average molecular weight is 247 g/mol. The molecule has 0 bridgehead atoms. The molecule has 0 aliphatic heterocycles. The first-order valence-electron chi connectivity index (χ1n) is 5.35. The number of fused-ring (bicyclic) bond motifs is 1. The SMILES string of the molecule is CNC(=O)N(C)C(=O)c1cnc2n[nH]c(C)c2c1. The van der Waals surface area contributed by atoms with Crippen LogP contribution < -0.4 is 5.32 Å². The van der Waals surface area contributed by atoms with E-state index in [-0.39, 0.29) is 0 Å². The van der Waals surface area contributed by atoms with E-state index in [2.05, 4.69) is 20.5 Å². The third-order valence-electron chi connectivity index (χ3n) is 2.67. The van der Waals surface area contributed by atoms with Gasteiger partial charge in [-0.3, -0.25) is 14.8 Å². The number of amides is 3. The summed E-state index contributed by atoms with van der Waals surface area (Å²) in [7, 11) is 2.88. The zero-order chi connectivity index (χ0) is 13.3. The molecule has 94 valence electrons. The second kappa shape index (κ2) is 4.44. The number of aromatic amines is 1. The molecule has 0 saturated heterocycles. The van der Waals surface area contributed by atoms with Gasteiger partial charge in [-0.05, 0) is 13.0 Å². The maximum atomic E-state index is 12.0. The monoisotopic (exact) mass is 247 g/mol. The Morgan fingerprint density at radius 2 is 2.17 bits per heavy atom. The van der Waals surface area contributed by atoms with Crippen LogP contribution >= 0.6 is 0 Å². The van der Waals surface area contributed by atoms with E-state index in [0.717, 1.165) is 16.0 Å². The standard InChI is InChI=1S/C11H13N5O2/c1-6-8-4-7(5-13-9(8)15-14-6)10(17)16(3)11(18)12-2/h4-5H,1-3H3,(H,12,18)(H,13,14,15). The fourth-order valence-corrected chi connectivity index (χ4v) is 1.59. The molecule has 7 heteroatoms. The van der Waals surface area contributed by atoms with Crippen molar-refractivity contribution in [3.8, 4) is 0 Å². The van der Waals surface area contributed by atoms with Gasteiger partial charge in [0.1, 0.15) is 0 Å². The number of hydrogen-bond donors (Lipinski definition) is 2. The maximum Gasteiger partial charge on any atom is 0.323 e. The van der Waals surface area contributed by atoms with Crippen LogP contribution in [0.25, 0.3) is 11.0 Å². The first-order chi connectivity index (χ1) is 8.54. The summed E-state index contributed by atoms with van der Waals surface area (Å²) < 4.78 is 0. The molecule has 0 radical (unpaired) electrons. The molecule has 0 saturated carbocycles. The molecule has 2 rings (SSSR count). The second-order valence-corrected chi connectivity index (χ2v) is 3.86. The highest BCUT2D eigenvalue weighted by molar-refractivity contribution is 6.05. The molecular weight excluding hydrogens is 234 g/mol. The summed E-state index contributed by atoms with van der Waals surface area (Å²) in [6, 6.07) is 1.20. The molecule has 2 heterocycles. The number of rotatable bonds is 1. The van der Waals surface area contributed by atoms with Gasteiger partial charge in [0, 0.05) is 31.4 Å². The van der Waals surface area contributed by atoms with Crippen molar-refractivity contribution in [3.05, 3.63) is 23.5 Å². The normalized spacial score (nSPS) is 10.4. The Kier molecular flexibility index (Phi) is 2.97. The molecule has 2 N–H and O–H groups in total. The quantitative estimate of drug-likeness (QED) is 0.775. The summed E-state index contributed by atoms with van der Waals surface area (Å²) in [6.45, 7) is 1.84. The number of pyridine rings is 1. The van der Waals surface area contributed by atoms with E-state index in [4.69, 9.17) is 0 Å². The van der Waals surface area contributed by atoms with E-state index in [9.17, 15) is 9.59 Å². The lowest BCUT2D eigenvalue weighted by atomic mass is 10.2. The van der Waals surface area contributed by atoms with Gasteiger partial charge in [-0.25, -0.2) is 9.78 Å². The molecule has 2 aromatic heterocycles. The van der Waals surface area contributed by atoms with Crippen molar-refractivity contribution in [2.75, 3.05) is 14.1 Å². The molecule has 0 aliphatic carbocycles. The number of carbonyl (C=O) groups excluding carboxylic acids is 2. The zero-order valence-electron chi connectivity index (χ0n) is 10.3. The Balaban J connectivity index is 2.39. The fourth-order valence-electron chi connectivity index (χ4n) is 1.59. The Morgan fingerprint density at radius 1 is 1.44 bits per heavy atom. The van der Waals surface area contributed by atoms with Crippen LogP contribution in [0.4, 0.5) is 4.79 Å². The predicted octanol–water partition coefficient (Wildman–Crippen LogP) is 0.678. The van der Waals surface area contributed by atoms with Crippen LogP contribution in [-0.2, 0) is 0 Å². The summed E-state index contributed by atoms with van der Waals surface area (Å²) in [6.07, 6.45) is 1.41. The van der Waals surface area contributed by atoms with Crippen molar-refractivity contribution in [3.63, 3.8) is 0 Å². The second-order valence-electron chi connectivity index (χ2n) is 3.86. The number of nitrogens with one attached hydrogen (secondary N) is 2. The summed E-state index contributed by atoms with van der Waals surface area (Å²) in [5.41, 5.74) is 1.72. The van der Waals surface area contributed by atoms with Crippen LogP contribution in [0.15, 0.2) is 12.3 Å². The van der Waals surface area contributed by atoms with E-state index in [1.54, 1.807) is 6.07 Å². The first kappa shape index (κ1) is 12.0. The number of imide groups is 1. The number of aromatic nitrogens is 3. The van der Waals surface area contributed by atoms with Gasteiger partial charge in [-0.1, -0.05) is 0 Å². The fraction of sp³-hybridized carbons (Fsp3) is 0.273. The van der Waals surface area contributed by atoms with Crippen LogP contribution in [0.5, 0.6) is 0 Å². The smallest absolute Gasteiger partial charge is 0.323 e. The Hall–Kier alpha value is -2.44. The maximum absolute atomic E-state index is 12.0. The lowest BCUT2D eigenvalue weighted by Crippen LogP contribution is -2.39. The average Bonchev–Trinajstić information content (AvgIpc) is 2.77. The van der Waals surface area contributed by atoms with Crippen LogP contribution in [0.1, 0.15) is 16.1 Å². The minimum Gasteiger partial charge on any atom is -0.341 e. The lowest BCUT2D eigenvalue weighted by Gasteiger charge is -2.14. The molecule has 0 spiro atoms. The molecule has 0 aliphatic rings. The molecule has 3 amide bonds. The third-order valence-corrected chi connectivity index (χ3v) is 2.67. The zero-order valence-corrected chi connectivity index (χ0v) is 10.3. The van der Waals surface area contributed by atoms with Gasteiger partial charge >= 0.3 is 6.03 Å². The number of carbonyl (C=O) groups is 2. The van der Waals surface area contributed by atoms with Gasteiger partial charge < -0.3 is 5.32 Å². The van der Waals surface area contributed by atoms with Gasteiger partial charge in [0.2, 0.25) is 0 Å². The van der Waals surface area contributed by atoms with Gasteiger partial charge in [-0.2, -0.15) is 5.10 Å². The highest BCUT2D eigenvalue weighted by atomic mass is 16.2. The number of aryl methyl sites for hydroxylation is 1. The van der Waals surface area contributed by atoms with Crippen molar-refractivity contribution < 1.29 is 9.59 Å². The summed E-state index contributed by atoms with van der Waals surface area (Å²) in [5, 5.41) is 9.92.